The largest absolute Gasteiger partial charge is 0.497 e. The molecule has 0 atom stereocenters. The molecule has 5 rings (SSSR count). The predicted octanol–water partition coefficient (Wildman–Crippen LogP) is 5.71. The third kappa shape index (κ3) is 5.58. The SMILES string of the molecule is COc1cccc(Cn2c(SCc3ccc(C(=O)NCc4ccccc4)cc3)nc3ccncc32)c1. The summed E-state index contributed by atoms with van der Waals surface area (Å²) in [5.74, 6) is 1.49. The second kappa shape index (κ2) is 11.1. The summed E-state index contributed by atoms with van der Waals surface area (Å²) in [7, 11) is 1.68. The third-order valence-electron chi connectivity index (χ3n) is 5.87. The number of fused-ring (bicyclic) bond motifs is 1. The first kappa shape index (κ1) is 23.6. The highest BCUT2D eigenvalue weighted by molar-refractivity contribution is 7.98. The quantitative estimate of drug-likeness (QED) is 0.266. The maximum Gasteiger partial charge on any atom is 0.251 e. The monoisotopic (exact) mass is 494 g/mol. The molecule has 0 saturated carbocycles. The van der Waals surface area contributed by atoms with Crippen molar-refractivity contribution >= 4 is 28.7 Å². The van der Waals surface area contributed by atoms with Gasteiger partial charge in [0.25, 0.3) is 5.91 Å². The van der Waals surface area contributed by atoms with Gasteiger partial charge in [-0.1, -0.05) is 66.4 Å². The van der Waals surface area contributed by atoms with E-state index in [0.717, 1.165) is 44.4 Å². The average molecular weight is 495 g/mol. The minimum Gasteiger partial charge on any atom is -0.497 e. The van der Waals surface area contributed by atoms with Crippen LogP contribution in [0.15, 0.2) is 102 Å². The number of carbonyl (C=O) groups excluding carboxylic acids is 1. The molecule has 0 aliphatic rings. The van der Waals surface area contributed by atoms with Gasteiger partial charge in [-0.25, -0.2) is 4.98 Å². The Hall–Kier alpha value is -4.10. The molecule has 36 heavy (non-hydrogen) atoms. The zero-order chi connectivity index (χ0) is 24.7. The molecular weight excluding hydrogens is 468 g/mol. The molecule has 0 bridgehead atoms. The minimum atomic E-state index is -0.0781. The highest BCUT2D eigenvalue weighted by Gasteiger charge is 2.13. The van der Waals surface area contributed by atoms with E-state index in [1.165, 1.54) is 0 Å². The van der Waals surface area contributed by atoms with Crippen LogP contribution in [0.1, 0.15) is 27.0 Å². The second-order valence-corrected chi connectivity index (χ2v) is 9.29. The van der Waals surface area contributed by atoms with Crippen LogP contribution in [0.4, 0.5) is 0 Å². The molecule has 180 valence electrons. The van der Waals surface area contributed by atoms with Crippen LogP contribution in [0.25, 0.3) is 11.0 Å². The summed E-state index contributed by atoms with van der Waals surface area (Å²) in [6.07, 6.45) is 3.62. The number of nitrogens with zero attached hydrogens (tertiary/aromatic N) is 3. The van der Waals surface area contributed by atoms with Gasteiger partial charge in [0.1, 0.15) is 5.75 Å². The smallest absolute Gasteiger partial charge is 0.251 e. The molecule has 6 nitrogen and oxygen atoms in total. The summed E-state index contributed by atoms with van der Waals surface area (Å²) >= 11 is 1.67. The molecular formula is C29H26N4O2S. The lowest BCUT2D eigenvalue weighted by atomic mass is 10.1. The van der Waals surface area contributed by atoms with Gasteiger partial charge in [-0.05, 0) is 47.0 Å². The predicted molar refractivity (Wildman–Crippen MR) is 143 cm³/mol. The Labute approximate surface area is 214 Å². The normalized spacial score (nSPS) is 10.9. The Morgan fingerprint density at radius 2 is 1.75 bits per heavy atom. The third-order valence-corrected chi connectivity index (χ3v) is 6.92. The molecule has 2 heterocycles. The van der Waals surface area contributed by atoms with Gasteiger partial charge in [0.15, 0.2) is 5.16 Å². The number of rotatable bonds is 9. The number of imidazole rings is 1. The molecule has 5 aromatic rings. The topological polar surface area (TPSA) is 69.0 Å². The summed E-state index contributed by atoms with van der Waals surface area (Å²) in [6, 6.07) is 27.6. The Morgan fingerprint density at radius 1 is 0.944 bits per heavy atom. The zero-order valence-electron chi connectivity index (χ0n) is 19.9. The molecule has 1 N–H and O–H groups in total. The summed E-state index contributed by atoms with van der Waals surface area (Å²) in [4.78, 5) is 21.7. The number of ether oxygens (including phenoxy) is 1. The molecule has 2 aromatic heterocycles. The number of amides is 1. The number of hydrogen-bond donors (Lipinski definition) is 1. The van der Waals surface area contributed by atoms with E-state index in [9.17, 15) is 4.79 Å². The Kier molecular flexibility index (Phi) is 7.28. The molecule has 1 amide bonds. The summed E-state index contributed by atoms with van der Waals surface area (Å²) < 4.78 is 7.58. The number of hydrogen-bond acceptors (Lipinski definition) is 5. The van der Waals surface area contributed by atoms with E-state index in [0.29, 0.717) is 18.7 Å². The Morgan fingerprint density at radius 3 is 2.56 bits per heavy atom. The minimum absolute atomic E-state index is 0.0781. The first-order chi connectivity index (χ1) is 17.7. The molecule has 0 aliphatic heterocycles. The molecule has 0 spiro atoms. The highest BCUT2D eigenvalue weighted by Crippen LogP contribution is 2.28. The fourth-order valence-corrected chi connectivity index (χ4v) is 4.91. The van der Waals surface area contributed by atoms with Crippen LogP contribution in [-0.4, -0.2) is 27.6 Å². The molecule has 0 saturated heterocycles. The summed E-state index contributed by atoms with van der Waals surface area (Å²) in [6.45, 7) is 1.18. The van der Waals surface area contributed by atoms with Crippen LogP contribution in [-0.2, 0) is 18.8 Å². The summed E-state index contributed by atoms with van der Waals surface area (Å²) in [5, 5.41) is 3.90. The summed E-state index contributed by atoms with van der Waals surface area (Å²) in [5.41, 5.74) is 5.89. The van der Waals surface area contributed by atoms with Crippen molar-refractivity contribution in [1.29, 1.82) is 0 Å². The first-order valence-corrected chi connectivity index (χ1v) is 12.7. The van der Waals surface area contributed by atoms with Gasteiger partial charge in [0.05, 0.1) is 30.9 Å². The first-order valence-electron chi connectivity index (χ1n) is 11.7. The molecule has 0 radical (unpaired) electrons. The van der Waals surface area contributed by atoms with Crippen molar-refractivity contribution in [3.8, 4) is 5.75 Å². The van der Waals surface area contributed by atoms with Crippen LogP contribution < -0.4 is 10.1 Å². The van der Waals surface area contributed by atoms with Gasteiger partial charge in [-0.15, -0.1) is 0 Å². The van der Waals surface area contributed by atoms with Gasteiger partial charge in [-0.3, -0.25) is 9.78 Å². The highest BCUT2D eigenvalue weighted by atomic mass is 32.2. The number of benzene rings is 3. The number of nitrogens with one attached hydrogen (secondary N) is 1. The fraction of sp³-hybridized carbons (Fsp3) is 0.138. The van der Waals surface area contributed by atoms with E-state index in [2.05, 4.69) is 20.9 Å². The van der Waals surface area contributed by atoms with E-state index in [-0.39, 0.29) is 5.91 Å². The average Bonchev–Trinajstić information content (AvgIpc) is 3.28. The van der Waals surface area contributed by atoms with Crippen LogP contribution >= 0.6 is 11.8 Å². The number of pyridine rings is 1. The van der Waals surface area contributed by atoms with E-state index < -0.39 is 0 Å². The van der Waals surface area contributed by atoms with E-state index in [4.69, 9.17) is 9.72 Å². The van der Waals surface area contributed by atoms with Gasteiger partial charge in [0, 0.05) is 24.1 Å². The van der Waals surface area contributed by atoms with Gasteiger partial charge in [0.2, 0.25) is 0 Å². The van der Waals surface area contributed by atoms with Gasteiger partial charge >= 0.3 is 0 Å². The van der Waals surface area contributed by atoms with Crippen LogP contribution in [0, 0.1) is 0 Å². The fourth-order valence-electron chi connectivity index (χ4n) is 3.94. The lowest BCUT2D eigenvalue weighted by Gasteiger charge is -2.10. The van der Waals surface area contributed by atoms with Crippen molar-refractivity contribution < 1.29 is 9.53 Å². The maximum atomic E-state index is 12.5. The van der Waals surface area contributed by atoms with E-state index in [1.54, 1.807) is 25.1 Å². The molecule has 0 fully saturated rings. The van der Waals surface area contributed by atoms with Crippen LogP contribution in [0.3, 0.4) is 0 Å². The van der Waals surface area contributed by atoms with Crippen molar-refractivity contribution in [3.05, 3.63) is 120 Å². The molecule has 7 heteroatoms. The molecule has 0 unspecified atom stereocenters. The van der Waals surface area contributed by atoms with Crippen molar-refractivity contribution in [2.45, 2.75) is 24.0 Å². The van der Waals surface area contributed by atoms with Crippen molar-refractivity contribution in [3.63, 3.8) is 0 Å². The van der Waals surface area contributed by atoms with E-state index >= 15 is 0 Å². The van der Waals surface area contributed by atoms with Gasteiger partial charge in [-0.2, -0.15) is 0 Å². The van der Waals surface area contributed by atoms with Crippen LogP contribution in [0.5, 0.6) is 5.75 Å². The van der Waals surface area contributed by atoms with Crippen molar-refractivity contribution in [2.75, 3.05) is 7.11 Å². The number of aromatic nitrogens is 3. The number of thioether (sulfide) groups is 1. The maximum absolute atomic E-state index is 12.5. The van der Waals surface area contributed by atoms with Crippen molar-refractivity contribution in [2.24, 2.45) is 0 Å². The van der Waals surface area contributed by atoms with Gasteiger partial charge < -0.3 is 14.6 Å². The lowest BCUT2D eigenvalue weighted by molar-refractivity contribution is 0.0951. The second-order valence-electron chi connectivity index (χ2n) is 8.35. The lowest BCUT2D eigenvalue weighted by Crippen LogP contribution is -2.22. The Bertz CT molecular complexity index is 1470. The zero-order valence-corrected chi connectivity index (χ0v) is 20.7. The molecule has 3 aromatic carbocycles. The Balaban J connectivity index is 1.27. The van der Waals surface area contributed by atoms with Crippen molar-refractivity contribution in [1.82, 2.24) is 19.9 Å². The number of carbonyl (C=O) groups is 1. The number of methoxy groups -OCH3 is 1. The van der Waals surface area contributed by atoms with E-state index in [1.807, 2.05) is 85.1 Å². The molecule has 0 aliphatic carbocycles. The standard InChI is InChI=1S/C29H26N4O2S/c1-35-25-9-5-8-23(16-25)19-33-27-18-30-15-14-26(27)32-29(33)36-20-22-10-12-24(13-11-22)28(34)31-17-21-6-3-2-4-7-21/h2-16,18H,17,19-20H2,1H3,(H,31,34). The van der Waals surface area contributed by atoms with Crippen LogP contribution in [0.2, 0.25) is 0 Å².